The monoisotopic (exact) mass is 343 g/mol. The van der Waals surface area contributed by atoms with Crippen molar-refractivity contribution in [3.63, 3.8) is 0 Å². The SMILES string of the molecule is CCCC(=O)N(C)C(C(=O)OC)C(=O)N(C)[C@H](C(N)=O)C(C)CC. The van der Waals surface area contributed by atoms with Crippen LogP contribution in [0.15, 0.2) is 0 Å². The lowest BCUT2D eigenvalue weighted by molar-refractivity contribution is -0.161. The first-order chi connectivity index (χ1) is 11.1. The Morgan fingerprint density at radius 1 is 1.08 bits per heavy atom. The van der Waals surface area contributed by atoms with Crippen LogP contribution in [-0.2, 0) is 23.9 Å². The van der Waals surface area contributed by atoms with E-state index in [0.717, 1.165) is 16.9 Å². The molecule has 0 heterocycles. The van der Waals surface area contributed by atoms with E-state index in [1.54, 1.807) is 6.92 Å². The number of hydrogen-bond donors (Lipinski definition) is 1. The lowest BCUT2D eigenvalue weighted by Crippen LogP contribution is -2.58. The van der Waals surface area contributed by atoms with Gasteiger partial charge in [-0.25, -0.2) is 4.79 Å². The molecule has 3 amide bonds. The first-order valence-electron chi connectivity index (χ1n) is 8.03. The van der Waals surface area contributed by atoms with Gasteiger partial charge in [-0.1, -0.05) is 27.2 Å². The zero-order chi connectivity index (χ0) is 19.0. The second-order valence-electron chi connectivity index (χ2n) is 5.86. The Morgan fingerprint density at radius 3 is 2.00 bits per heavy atom. The number of likely N-dealkylation sites (N-methyl/N-ethyl adjacent to an activating group) is 2. The van der Waals surface area contributed by atoms with Crippen LogP contribution in [0.1, 0.15) is 40.0 Å². The van der Waals surface area contributed by atoms with Crippen molar-refractivity contribution in [3.8, 4) is 0 Å². The fourth-order valence-corrected chi connectivity index (χ4v) is 2.48. The molecule has 8 nitrogen and oxygen atoms in total. The second kappa shape index (κ2) is 9.89. The maximum Gasteiger partial charge on any atom is 0.338 e. The zero-order valence-electron chi connectivity index (χ0n) is 15.4. The average molecular weight is 343 g/mol. The highest BCUT2D eigenvalue weighted by molar-refractivity contribution is 6.05. The summed E-state index contributed by atoms with van der Waals surface area (Å²) in [6, 6.07) is -2.31. The van der Waals surface area contributed by atoms with Gasteiger partial charge in [-0.3, -0.25) is 14.4 Å². The minimum Gasteiger partial charge on any atom is -0.467 e. The molecule has 0 aromatic rings. The number of rotatable bonds is 9. The van der Waals surface area contributed by atoms with Crippen LogP contribution < -0.4 is 5.73 Å². The highest BCUT2D eigenvalue weighted by atomic mass is 16.5. The number of nitrogens with zero attached hydrogens (tertiary/aromatic N) is 2. The molecule has 3 atom stereocenters. The molecule has 0 aliphatic rings. The Hall–Kier alpha value is -2.12. The minimum atomic E-state index is -1.44. The Bertz CT molecular complexity index is 480. The Labute approximate surface area is 143 Å². The third kappa shape index (κ3) is 5.21. The van der Waals surface area contributed by atoms with Crippen molar-refractivity contribution in [2.75, 3.05) is 21.2 Å². The number of primary amides is 1. The van der Waals surface area contributed by atoms with Crippen molar-refractivity contribution in [2.24, 2.45) is 11.7 Å². The van der Waals surface area contributed by atoms with E-state index in [2.05, 4.69) is 4.74 Å². The molecule has 2 unspecified atom stereocenters. The maximum atomic E-state index is 12.8. The summed E-state index contributed by atoms with van der Waals surface area (Å²) >= 11 is 0. The van der Waals surface area contributed by atoms with Gasteiger partial charge in [0.2, 0.25) is 17.9 Å². The molecule has 0 spiro atoms. The predicted octanol–water partition coefficient (Wildman–Crippen LogP) is 0.145. The van der Waals surface area contributed by atoms with Crippen LogP contribution in [0, 0.1) is 5.92 Å². The quantitative estimate of drug-likeness (QED) is 0.473. The van der Waals surface area contributed by atoms with Crippen LogP contribution in [0.4, 0.5) is 0 Å². The standard InChI is InChI=1S/C16H29N3O5/c1-7-9-11(20)18(4)13(16(23)24-6)15(22)19(5)12(14(17)21)10(3)8-2/h10,12-13H,7-9H2,1-6H3,(H2,17,21)/t10?,12-,13?/m0/s1. The van der Waals surface area contributed by atoms with Gasteiger partial charge in [0.15, 0.2) is 0 Å². The summed E-state index contributed by atoms with van der Waals surface area (Å²) in [4.78, 5) is 50.9. The Morgan fingerprint density at radius 2 is 1.62 bits per heavy atom. The minimum absolute atomic E-state index is 0.189. The zero-order valence-corrected chi connectivity index (χ0v) is 15.4. The van der Waals surface area contributed by atoms with E-state index >= 15 is 0 Å². The van der Waals surface area contributed by atoms with Gasteiger partial charge in [-0.05, 0) is 12.3 Å². The second-order valence-corrected chi connectivity index (χ2v) is 5.86. The first-order valence-corrected chi connectivity index (χ1v) is 8.03. The van der Waals surface area contributed by atoms with E-state index in [1.165, 1.54) is 14.1 Å². The van der Waals surface area contributed by atoms with Crippen LogP contribution in [-0.4, -0.2) is 66.8 Å². The van der Waals surface area contributed by atoms with E-state index in [9.17, 15) is 19.2 Å². The van der Waals surface area contributed by atoms with E-state index in [-0.39, 0.29) is 18.2 Å². The summed E-state index contributed by atoms with van der Waals surface area (Å²) in [5.74, 6) is -2.75. The molecule has 24 heavy (non-hydrogen) atoms. The van der Waals surface area contributed by atoms with Gasteiger partial charge in [0, 0.05) is 20.5 Å². The molecular weight excluding hydrogens is 314 g/mol. The van der Waals surface area contributed by atoms with Gasteiger partial charge in [-0.2, -0.15) is 0 Å². The number of amides is 3. The molecule has 2 N–H and O–H groups in total. The smallest absolute Gasteiger partial charge is 0.338 e. The normalized spacial score (nSPS) is 14.2. The summed E-state index contributed by atoms with van der Waals surface area (Å²) in [5, 5.41) is 0. The molecule has 138 valence electrons. The molecule has 0 aliphatic heterocycles. The number of carbonyl (C=O) groups excluding carboxylic acids is 4. The van der Waals surface area contributed by atoms with Crippen molar-refractivity contribution in [1.29, 1.82) is 0 Å². The molecule has 0 aromatic carbocycles. The summed E-state index contributed by atoms with van der Waals surface area (Å²) in [7, 11) is 3.91. The lowest BCUT2D eigenvalue weighted by atomic mass is 9.96. The summed E-state index contributed by atoms with van der Waals surface area (Å²) in [6.45, 7) is 5.48. The molecule has 0 bridgehead atoms. The Balaban J connectivity index is 5.62. The number of methoxy groups -OCH3 is 1. The van der Waals surface area contributed by atoms with Gasteiger partial charge in [0.1, 0.15) is 6.04 Å². The fourth-order valence-electron chi connectivity index (χ4n) is 2.48. The third-order valence-corrected chi connectivity index (χ3v) is 4.14. The highest BCUT2D eigenvalue weighted by Crippen LogP contribution is 2.16. The van der Waals surface area contributed by atoms with Crippen LogP contribution in [0.25, 0.3) is 0 Å². The molecule has 0 rings (SSSR count). The molecule has 0 fully saturated rings. The topological polar surface area (TPSA) is 110 Å². The number of ether oxygens (including phenoxy) is 1. The van der Waals surface area contributed by atoms with Crippen LogP contribution in [0.2, 0.25) is 0 Å². The lowest BCUT2D eigenvalue weighted by Gasteiger charge is -2.34. The molecule has 0 radical (unpaired) electrons. The number of carbonyl (C=O) groups is 4. The van der Waals surface area contributed by atoms with Gasteiger partial charge in [0.05, 0.1) is 7.11 Å². The molecule has 0 saturated heterocycles. The molecule has 8 heteroatoms. The summed E-state index contributed by atoms with van der Waals surface area (Å²) in [6.07, 6.45) is 1.40. The number of esters is 1. The third-order valence-electron chi connectivity index (χ3n) is 4.14. The number of hydrogen-bond acceptors (Lipinski definition) is 5. The molecule has 0 aromatic heterocycles. The van der Waals surface area contributed by atoms with Crippen molar-refractivity contribution in [2.45, 2.75) is 52.1 Å². The molecule has 0 saturated carbocycles. The van der Waals surface area contributed by atoms with Gasteiger partial charge in [-0.15, -0.1) is 0 Å². The average Bonchev–Trinajstić information content (AvgIpc) is 2.53. The largest absolute Gasteiger partial charge is 0.467 e. The summed E-state index contributed by atoms with van der Waals surface area (Å²) < 4.78 is 4.66. The van der Waals surface area contributed by atoms with Crippen LogP contribution >= 0.6 is 0 Å². The maximum absolute atomic E-state index is 12.8. The van der Waals surface area contributed by atoms with Crippen molar-refractivity contribution in [3.05, 3.63) is 0 Å². The van der Waals surface area contributed by atoms with Gasteiger partial charge < -0.3 is 20.3 Å². The first kappa shape index (κ1) is 21.9. The van der Waals surface area contributed by atoms with Gasteiger partial charge >= 0.3 is 5.97 Å². The van der Waals surface area contributed by atoms with Crippen molar-refractivity contribution >= 4 is 23.7 Å². The predicted molar refractivity (Wildman–Crippen MR) is 88.7 cm³/mol. The summed E-state index contributed by atoms with van der Waals surface area (Å²) in [5.41, 5.74) is 5.41. The van der Waals surface area contributed by atoms with E-state index < -0.39 is 29.9 Å². The van der Waals surface area contributed by atoms with Crippen LogP contribution in [0.3, 0.4) is 0 Å². The van der Waals surface area contributed by atoms with Gasteiger partial charge in [0.25, 0.3) is 5.91 Å². The molecule has 0 aliphatic carbocycles. The van der Waals surface area contributed by atoms with Crippen molar-refractivity contribution < 1.29 is 23.9 Å². The van der Waals surface area contributed by atoms with Crippen molar-refractivity contribution in [1.82, 2.24) is 9.80 Å². The highest BCUT2D eigenvalue weighted by Gasteiger charge is 2.40. The fraction of sp³-hybridized carbons (Fsp3) is 0.750. The molecular formula is C16H29N3O5. The van der Waals surface area contributed by atoms with Crippen LogP contribution in [0.5, 0.6) is 0 Å². The van der Waals surface area contributed by atoms with E-state index in [4.69, 9.17) is 5.73 Å². The Kier molecular flexibility index (Phi) is 9.02. The van der Waals surface area contributed by atoms with E-state index in [1.807, 2.05) is 13.8 Å². The van der Waals surface area contributed by atoms with E-state index in [0.29, 0.717) is 12.8 Å². The number of nitrogens with two attached hydrogens (primary N) is 1.